The van der Waals surface area contributed by atoms with Gasteiger partial charge in [0.2, 0.25) is 0 Å². The molecule has 0 aliphatic heterocycles. The van der Waals surface area contributed by atoms with Crippen molar-refractivity contribution in [3.05, 3.63) is 29.6 Å². The van der Waals surface area contributed by atoms with E-state index in [1.165, 1.54) is 0 Å². The summed E-state index contributed by atoms with van der Waals surface area (Å²) in [6.45, 7) is 4.14. The molecule has 0 amide bonds. The van der Waals surface area contributed by atoms with E-state index in [4.69, 9.17) is 0 Å². The van der Waals surface area contributed by atoms with Gasteiger partial charge in [-0.3, -0.25) is 0 Å². The van der Waals surface area contributed by atoms with Gasteiger partial charge in [-0.1, -0.05) is 13.8 Å². The summed E-state index contributed by atoms with van der Waals surface area (Å²) in [6, 6.07) is 5.21. The first-order valence-electron chi connectivity index (χ1n) is 3.98. The Hall–Kier alpha value is -0.500. The minimum absolute atomic E-state index is 0.134. The van der Waals surface area contributed by atoms with E-state index in [9.17, 15) is 4.39 Å². The van der Waals surface area contributed by atoms with E-state index in [2.05, 4.69) is 13.8 Å². The van der Waals surface area contributed by atoms with Crippen molar-refractivity contribution in [2.24, 2.45) is 0 Å². The van der Waals surface area contributed by atoms with Crippen molar-refractivity contribution >= 4 is 11.8 Å². The van der Waals surface area contributed by atoms with Crippen LogP contribution in [0.2, 0.25) is 0 Å². The summed E-state index contributed by atoms with van der Waals surface area (Å²) in [5.74, 6) is 0.261. The summed E-state index contributed by atoms with van der Waals surface area (Å²) in [6.07, 6.45) is 1.96. The first-order valence-corrected chi connectivity index (χ1v) is 5.20. The Morgan fingerprint density at radius 3 is 2.42 bits per heavy atom. The first kappa shape index (κ1) is 9.59. The smallest absolute Gasteiger partial charge is 0.124 e. The van der Waals surface area contributed by atoms with Crippen LogP contribution in [0.25, 0.3) is 0 Å². The van der Waals surface area contributed by atoms with Crippen molar-refractivity contribution < 1.29 is 4.39 Å². The molecule has 0 radical (unpaired) electrons. The van der Waals surface area contributed by atoms with Crippen molar-refractivity contribution in [1.82, 2.24) is 0 Å². The Morgan fingerprint density at radius 1 is 1.25 bits per heavy atom. The lowest BCUT2D eigenvalue weighted by Crippen LogP contribution is -1.89. The SMILES string of the molecule is CSc1cc(F)cc(C(C)C)c1. The van der Waals surface area contributed by atoms with Gasteiger partial charge in [0.05, 0.1) is 0 Å². The molecule has 12 heavy (non-hydrogen) atoms. The van der Waals surface area contributed by atoms with Crippen LogP contribution in [0.3, 0.4) is 0 Å². The summed E-state index contributed by atoms with van der Waals surface area (Å²) >= 11 is 1.57. The first-order chi connectivity index (χ1) is 5.63. The molecule has 0 aromatic heterocycles. The summed E-state index contributed by atoms with van der Waals surface area (Å²) in [4.78, 5) is 0.999. The van der Waals surface area contributed by atoms with Gasteiger partial charge in [0, 0.05) is 4.90 Å². The second-order valence-electron chi connectivity index (χ2n) is 3.08. The second kappa shape index (κ2) is 3.94. The predicted octanol–water partition coefficient (Wildman–Crippen LogP) is 3.67. The number of benzene rings is 1. The van der Waals surface area contributed by atoms with Gasteiger partial charge in [0.1, 0.15) is 5.82 Å². The van der Waals surface area contributed by atoms with Gasteiger partial charge in [-0.05, 0) is 35.9 Å². The van der Waals surface area contributed by atoms with E-state index in [1.807, 2.05) is 12.3 Å². The highest BCUT2D eigenvalue weighted by molar-refractivity contribution is 7.98. The molecule has 0 unspecified atom stereocenters. The maximum Gasteiger partial charge on any atom is 0.124 e. The van der Waals surface area contributed by atoms with Gasteiger partial charge in [-0.25, -0.2) is 4.39 Å². The number of halogens is 1. The van der Waals surface area contributed by atoms with Gasteiger partial charge < -0.3 is 0 Å². The lowest BCUT2D eigenvalue weighted by atomic mass is 10.0. The molecular formula is C10H13FS. The predicted molar refractivity (Wildman–Crippen MR) is 52.3 cm³/mol. The van der Waals surface area contributed by atoms with Crippen LogP contribution in [-0.2, 0) is 0 Å². The van der Waals surface area contributed by atoms with E-state index >= 15 is 0 Å². The van der Waals surface area contributed by atoms with E-state index < -0.39 is 0 Å². The van der Waals surface area contributed by atoms with Crippen molar-refractivity contribution in [1.29, 1.82) is 0 Å². The molecule has 0 saturated heterocycles. The van der Waals surface area contributed by atoms with Crippen LogP contribution in [0.5, 0.6) is 0 Å². The highest BCUT2D eigenvalue weighted by Crippen LogP contribution is 2.22. The van der Waals surface area contributed by atoms with Gasteiger partial charge in [0.15, 0.2) is 0 Å². The van der Waals surface area contributed by atoms with E-state index in [-0.39, 0.29) is 5.82 Å². The molecule has 1 aromatic rings. The third-order valence-corrected chi connectivity index (χ3v) is 2.50. The summed E-state index contributed by atoms with van der Waals surface area (Å²) in [5.41, 5.74) is 1.07. The number of thioether (sulfide) groups is 1. The minimum Gasteiger partial charge on any atom is -0.207 e. The van der Waals surface area contributed by atoms with Crippen molar-refractivity contribution in [3.8, 4) is 0 Å². The van der Waals surface area contributed by atoms with E-state index in [1.54, 1.807) is 23.9 Å². The molecule has 0 spiro atoms. The Bertz CT molecular complexity index is 269. The summed E-state index contributed by atoms with van der Waals surface area (Å²) < 4.78 is 13.0. The van der Waals surface area contributed by atoms with Crippen LogP contribution < -0.4 is 0 Å². The maximum atomic E-state index is 13.0. The fraction of sp³-hybridized carbons (Fsp3) is 0.400. The number of hydrogen-bond acceptors (Lipinski definition) is 1. The van der Waals surface area contributed by atoms with E-state index in [0.717, 1.165) is 10.5 Å². The minimum atomic E-state index is -0.134. The Labute approximate surface area is 77.2 Å². The molecule has 0 aliphatic carbocycles. The molecule has 1 rings (SSSR count). The monoisotopic (exact) mass is 184 g/mol. The molecule has 0 heterocycles. The van der Waals surface area contributed by atoms with Gasteiger partial charge in [0.25, 0.3) is 0 Å². The fourth-order valence-corrected chi connectivity index (χ4v) is 1.52. The Morgan fingerprint density at radius 2 is 1.92 bits per heavy atom. The highest BCUT2D eigenvalue weighted by atomic mass is 32.2. The zero-order chi connectivity index (χ0) is 9.14. The number of rotatable bonds is 2. The van der Waals surface area contributed by atoms with Crippen LogP contribution in [-0.4, -0.2) is 6.26 Å². The standard InChI is InChI=1S/C10H13FS/c1-7(2)8-4-9(11)6-10(5-8)12-3/h4-7H,1-3H3. The molecule has 0 fully saturated rings. The molecule has 0 N–H and O–H groups in total. The zero-order valence-corrected chi connectivity index (χ0v) is 8.41. The Kier molecular flexibility index (Phi) is 3.15. The third kappa shape index (κ3) is 2.24. The van der Waals surface area contributed by atoms with Crippen LogP contribution in [0, 0.1) is 5.82 Å². The van der Waals surface area contributed by atoms with E-state index in [0.29, 0.717) is 5.92 Å². The maximum absolute atomic E-state index is 13.0. The summed E-state index contributed by atoms with van der Waals surface area (Å²) in [7, 11) is 0. The average molecular weight is 184 g/mol. The van der Waals surface area contributed by atoms with Crippen LogP contribution in [0.1, 0.15) is 25.3 Å². The fourth-order valence-electron chi connectivity index (χ4n) is 1.04. The normalized spacial score (nSPS) is 10.8. The van der Waals surface area contributed by atoms with Crippen LogP contribution in [0.15, 0.2) is 23.1 Å². The lowest BCUT2D eigenvalue weighted by molar-refractivity contribution is 0.619. The number of hydrogen-bond donors (Lipinski definition) is 0. The molecule has 2 heteroatoms. The molecule has 0 aliphatic rings. The molecule has 0 nitrogen and oxygen atoms in total. The van der Waals surface area contributed by atoms with Crippen molar-refractivity contribution in [2.75, 3.05) is 6.26 Å². The molecular weight excluding hydrogens is 171 g/mol. The van der Waals surface area contributed by atoms with Gasteiger partial charge in [-0.2, -0.15) is 0 Å². The van der Waals surface area contributed by atoms with Crippen LogP contribution >= 0.6 is 11.8 Å². The van der Waals surface area contributed by atoms with Crippen molar-refractivity contribution in [2.45, 2.75) is 24.7 Å². The molecule has 0 saturated carbocycles. The molecule has 0 atom stereocenters. The molecule has 1 aromatic carbocycles. The highest BCUT2D eigenvalue weighted by Gasteiger charge is 2.02. The van der Waals surface area contributed by atoms with Crippen LogP contribution in [0.4, 0.5) is 4.39 Å². The zero-order valence-electron chi connectivity index (χ0n) is 7.60. The second-order valence-corrected chi connectivity index (χ2v) is 3.96. The largest absolute Gasteiger partial charge is 0.207 e. The topological polar surface area (TPSA) is 0 Å². The third-order valence-electron chi connectivity index (χ3n) is 1.80. The average Bonchev–Trinajstić information content (AvgIpc) is 2.03. The van der Waals surface area contributed by atoms with Crippen molar-refractivity contribution in [3.63, 3.8) is 0 Å². The quantitative estimate of drug-likeness (QED) is 0.632. The Balaban J connectivity index is 3.06. The van der Waals surface area contributed by atoms with Gasteiger partial charge in [-0.15, -0.1) is 11.8 Å². The molecule has 66 valence electrons. The summed E-state index contributed by atoms with van der Waals surface area (Å²) in [5, 5.41) is 0. The molecule has 0 bridgehead atoms. The lowest BCUT2D eigenvalue weighted by Gasteiger charge is -2.06. The van der Waals surface area contributed by atoms with Gasteiger partial charge >= 0.3 is 0 Å².